The van der Waals surface area contributed by atoms with Crippen molar-refractivity contribution in [3.05, 3.63) is 71.8 Å². The zero-order chi connectivity index (χ0) is 19.5. The fraction of sp³-hybridized carbons (Fsp3) is 0.190. The molecule has 0 aliphatic carbocycles. The first kappa shape index (κ1) is 17.8. The molecule has 0 atom stereocenters. The zero-order valence-corrected chi connectivity index (χ0v) is 15.3. The molecule has 4 rings (SSSR count). The quantitative estimate of drug-likeness (QED) is 0.707. The van der Waals surface area contributed by atoms with Crippen LogP contribution in [0.3, 0.4) is 0 Å². The van der Waals surface area contributed by atoms with Crippen molar-refractivity contribution < 1.29 is 19.1 Å². The van der Waals surface area contributed by atoms with Gasteiger partial charge in [-0.1, -0.05) is 0 Å². The van der Waals surface area contributed by atoms with Crippen LogP contribution < -0.4 is 14.8 Å². The fourth-order valence-corrected chi connectivity index (χ4v) is 2.93. The number of benzene rings is 2. The van der Waals surface area contributed by atoms with E-state index in [4.69, 9.17) is 9.47 Å². The SMILES string of the molecule is Cn1ccnc1C(=O)c1ccc(NC(=O)c2ccc3c(c2)OCCCO3)cc1. The molecule has 0 saturated heterocycles. The van der Waals surface area contributed by atoms with Crippen LogP contribution in [0.15, 0.2) is 54.9 Å². The molecule has 0 saturated carbocycles. The molecule has 142 valence electrons. The molecule has 0 bridgehead atoms. The number of carbonyl (C=O) groups excluding carboxylic acids is 2. The molecule has 1 N–H and O–H groups in total. The van der Waals surface area contributed by atoms with Crippen molar-refractivity contribution in [2.24, 2.45) is 7.05 Å². The van der Waals surface area contributed by atoms with E-state index in [0.717, 1.165) is 6.42 Å². The van der Waals surface area contributed by atoms with Gasteiger partial charge in [-0.15, -0.1) is 0 Å². The van der Waals surface area contributed by atoms with Crippen molar-refractivity contribution in [1.82, 2.24) is 9.55 Å². The van der Waals surface area contributed by atoms with Gasteiger partial charge < -0.3 is 19.4 Å². The third kappa shape index (κ3) is 3.59. The predicted octanol–water partition coefficient (Wildman–Crippen LogP) is 3.06. The molecule has 28 heavy (non-hydrogen) atoms. The number of carbonyl (C=O) groups is 2. The van der Waals surface area contributed by atoms with E-state index in [2.05, 4.69) is 10.3 Å². The topological polar surface area (TPSA) is 82.5 Å². The summed E-state index contributed by atoms with van der Waals surface area (Å²) >= 11 is 0. The van der Waals surface area contributed by atoms with Crippen LogP contribution in [0, 0.1) is 0 Å². The maximum Gasteiger partial charge on any atom is 0.255 e. The molecular weight excluding hydrogens is 358 g/mol. The van der Waals surface area contributed by atoms with Gasteiger partial charge in [0.05, 0.1) is 13.2 Å². The number of nitrogens with one attached hydrogen (secondary N) is 1. The van der Waals surface area contributed by atoms with Crippen molar-refractivity contribution in [2.45, 2.75) is 6.42 Å². The summed E-state index contributed by atoms with van der Waals surface area (Å²) in [6.45, 7) is 1.16. The zero-order valence-electron chi connectivity index (χ0n) is 15.3. The molecule has 1 aromatic heterocycles. The van der Waals surface area contributed by atoms with Crippen molar-refractivity contribution in [3.63, 3.8) is 0 Å². The van der Waals surface area contributed by atoms with E-state index in [0.29, 0.717) is 47.4 Å². The van der Waals surface area contributed by atoms with Crippen LogP contribution in [-0.4, -0.2) is 34.5 Å². The molecule has 2 heterocycles. The molecule has 0 spiro atoms. The van der Waals surface area contributed by atoms with Crippen LogP contribution in [0.5, 0.6) is 11.5 Å². The second-order valence-corrected chi connectivity index (χ2v) is 6.43. The van der Waals surface area contributed by atoms with Gasteiger partial charge in [-0.05, 0) is 42.5 Å². The lowest BCUT2D eigenvalue weighted by molar-refractivity contribution is 0.102. The predicted molar refractivity (Wildman–Crippen MR) is 103 cm³/mol. The number of hydrogen-bond acceptors (Lipinski definition) is 5. The minimum absolute atomic E-state index is 0.173. The van der Waals surface area contributed by atoms with Gasteiger partial charge in [-0.25, -0.2) is 4.98 Å². The first-order valence-corrected chi connectivity index (χ1v) is 8.95. The minimum Gasteiger partial charge on any atom is -0.490 e. The van der Waals surface area contributed by atoms with Gasteiger partial charge in [0, 0.05) is 42.7 Å². The van der Waals surface area contributed by atoms with Gasteiger partial charge >= 0.3 is 0 Å². The summed E-state index contributed by atoms with van der Waals surface area (Å²) in [6.07, 6.45) is 4.10. The number of ether oxygens (including phenoxy) is 2. The smallest absolute Gasteiger partial charge is 0.255 e. The van der Waals surface area contributed by atoms with Crippen molar-refractivity contribution >= 4 is 17.4 Å². The average Bonchev–Trinajstić information content (AvgIpc) is 3.00. The normalized spacial score (nSPS) is 12.9. The maximum atomic E-state index is 12.5. The molecule has 1 aliphatic heterocycles. The number of imidazole rings is 1. The van der Waals surface area contributed by atoms with Crippen LogP contribution in [0.25, 0.3) is 0 Å². The monoisotopic (exact) mass is 377 g/mol. The highest BCUT2D eigenvalue weighted by Gasteiger charge is 2.16. The Morgan fingerprint density at radius 2 is 1.71 bits per heavy atom. The summed E-state index contributed by atoms with van der Waals surface area (Å²) in [5.74, 6) is 1.14. The molecule has 3 aromatic rings. The third-order valence-corrected chi connectivity index (χ3v) is 4.44. The highest BCUT2D eigenvalue weighted by Crippen LogP contribution is 2.30. The average molecular weight is 377 g/mol. The number of hydrogen-bond donors (Lipinski definition) is 1. The number of rotatable bonds is 4. The summed E-state index contributed by atoms with van der Waals surface area (Å²) < 4.78 is 12.9. The van der Waals surface area contributed by atoms with Gasteiger partial charge in [0.1, 0.15) is 0 Å². The number of ketones is 1. The van der Waals surface area contributed by atoms with Crippen molar-refractivity contribution in [3.8, 4) is 11.5 Å². The Bertz CT molecular complexity index is 1020. The van der Waals surface area contributed by atoms with Crippen LogP contribution in [0.1, 0.15) is 33.0 Å². The van der Waals surface area contributed by atoms with E-state index in [1.165, 1.54) is 0 Å². The first-order chi connectivity index (χ1) is 13.6. The molecular formula is C21H19N3O4. The van der Waals surface area contributed by atoms with Crippen molar-refractivity contribution in [1.29, 1.82) is 0 Å². The highest BCUT2D eigenvalue weighted by molar-refractivity contribution is 6.08. The molecule has 0 unspecified atom stereocenters. The van der Waals surface area contributed by atoms with Crippen LogP contribution in [0.2, 0.25) is 0 Å². The third-order valence-electron chi connectivity index (χ3n) is 4.44. The number of aromatic nitrogens is 2. The summed E-state index contributed by atoms with van der Waals surface area (Å²) in [7, 11) is 1.77. The lowest BCUT2D eigenvalue weighted by atomic mass is 10.1. The molecule has 7 heteroatoms. The minimum atomic E-state index is -0.265. The lowest BCUT2D eigenvalue weighted by Crippen LogP contribution is -2.13. The summed E-state index contributed by atoms with van der Waals surface area (Å²) in [6, 6.07) is 11.8. The largest absolute Gasteiger partial charge is 0.490 e. The molecule has 7 nitrogen and oxygen atoms in total. The van der Waals surface area contributed by atoms with Crippen LogP contribution in [-0.2, 0) is 7.05 Å². The molecule has 0 fully saturated rings. The van der Waals surface area contributed by atoms with E-state index >= 15 is 0 Å². The van der Waals surface area contributed by atoms with E-state index in [1.807, 2.05) is 0 Å². The Morgan fingerprint density at radius 3 is 2.43 bits per heavy atom. The van der Waals surface area contributed by atoms with E-state index in [-0.39, 0.29) is 11.7 Å². The van der Waals surface area contributed by atoms with Gasteiger partial charge in [0.25, 0.3) is 5.91 Å². The van der Waals surface area contributed by atoms with E-state index < -0.39 is 0 Å². The maximum absolute atomic E-state index is 12.5. The number of fused-ring (bicyclic) bond motifs is 1. The summed E-state index contributed by atoms with van der Waals surface area (Å²) in [5, 5.41) is 2.83. The van der Waals surface area contributed by atoms with Gasteiger partial charge in [0.15, 0.2) is 17.3 Å². The number of aryl methyl sites for hydroxylation is 1. The van der Waals surface area contributed by atoms with Gasteiger partial charge in [0.2, 0.25) is 5.78 Å². The Hall–Kier alpha value is -3.61. The Kier molecular flexibility index (Phi) is 4.80. The second kappa shape index (κ2) is 7.56. The van der Waals surface area contributed by atoms with Crippen LogP contribution in [0.4, 0.5) is 5.69 Å². The molecule has 1 amide bonds. The van der Waals surface area contributed by atoms with Gasteiger partial charge in [-0.2, -0.15) is 0 Å². The second-order valence-electron chi connectivity index (χ2n) is 6.43. The number of amides is 1. The first-order valence-electron chi connectivity index (χ1n) is 8.95. The lowest BCUT2D eigenvalue weighted by Gasteiger charge is -2.10. The molecule has 0 radical (unpaired) electrons. The Balaban J connectivity index is 1.47. The standard InChI is InChI=1S/C21H19N3O4/c1-24-10-9-22-20(24)19(25)14-3-6-16(7-4-14)23-21(26)15-5-8-17-18(13-15)28-12-2-11-27-17/h3-10,13H,2,11-12H2,1H3,(H,23,26). The summed E-state index contributed by atoms with van der Waals surface area (Å²) in [4.78, 5) is 29.1. The number of anilines is 1. The molecule has 1 aliphatic rings. The van der Waals surface area contributed by atoms with E-state index in [1.54, 1.807) is 66.5 Å². The number of nitrogens with zero attached hydrogens (tertiary/aromatic N) is 2. The fourth-order valence-electron chi connectivity index (χ4n) is 2.93. The highest BCUT2D eigenvalue weighted by atomic mass is 16.5. The van der Waals surface area contributed by atoms with Gasteiger partial charge in [-0.3, -0.25) is 9.59 Å². The Morgan fingerprint density at radius 1 is 1.00 bits per heavy atom. The van der Waals surface area contributed by atoms with Crippen molar-refractivity contribution in [2.75, 3.05) is 18.5 Å². The Labute approximate surface area is 161 Å². The van der Waals surface area contributed by atoms with Crippen LogP contribution >= 0.6 is 0 Å². The summed E-state index contributed by atoms with van der Waals surface area (Å²) in [5.41, 5.74) is 1.56. The molecule has 2 aromatic carbocycles. The van der Waals surface area contributed by atoms with E-state index in [9.17, 15) is 9.59 Å².